The third-order valence-electron chi connectivity index (χ3n) is 7.51. The molecule has 4 heterocycles. The highest BCUT2D eigenvalue weighted by Crippen LogP contribution is 2.47. The van der Waals surface area contributed by atoms with Gasteiger partial charge in [-0.2, -0.15) is 0 Å². The lowest BCUT2D eigenvalue weighted by Gasteiger charge is -2.37. The summed E-state index contributed by atoms with van der Waals surface area (Å²) in [6.07, 6.45) is 7.08. The zero-order valence-corrected chi connectivity index (χ0v) is 21.1. The Hall–Kier alpha value is -3.01. The first-order chi connectivity index (χ1) is 18.1. The summed E-state index contributed by atoms with van der Waals surface area (Å²) in [5.41, 5.74) is 2.56. The topological polar surface area (TPSA) is 113 Å². The Balaban J connectivity index is 1.18. The highest BCUT2D eigenvalue weighted by molar-refractivity contribution is 5.92. The molecule has 0 radical (unpaired) electrons. The predicted molar refractivity (Wildman–Crippen MR) is 138 cm³/mol. The second kappa shape index (κ2) is 12.0. The second-order valence-electron chi connectivity index (χ2n) is 10.2. The van der Waals surface area contributed by atoms with Crippen LogP contribution in [0.2, 0.25) is 0 Å². The van der Waals surface area contributed by atoms with Crippen molar-refractivity contribution in [2.24, 2.45) is 0 Å². The van der Waals surface area contributed by atoms with Gasteiger partial charge in [0, 0.05) is 42.7 Å². The lowest BCUT2D eigenvalue weighted by Crippen LogP contribution is -2.47. The summed E-state index contributed by atoms with van der Waals surface area (Å²) in [4.78, 5) is 31.6. The molecule has 1 aromatic heterocycles. The summed E-state index contributed by atoms with van der Waals surface area (Å²) >= 11 is 0. The summed E-state index contributed by atoms with van der Waals surface area (Å²) in [5, 5.41) is 16.0. The van der Waals surface area contributed by atoms with Crippen LogP contribution < -0.4 is 15.4 Å². The fourth-order valence-corrected chi connectivity index (χ4v) is 5.67. The van der Waals surface area contributed by atoms with Gasteiger partial charge in [-0.1, -0.05) is 6.42 Å². The maximum atomic E-state index is 12.7. The van der Waals surface area contributed by atoms with Crippen LogP contribution in [-0.2, 0) is 20.7 Å². The van der Waals surface area contributed by atoms with Crippen molar-refractivity contribution in [1.82, 2.24) is 15.2 Å². The maximum absolute atomic E-state index is 12.7. The van der Waals surface area contributed by atoms with Gasteiger partial charge in [0.05, 0.1) is 25.6 Å². The molecular formula is C28H36N4O5. The predicted octanol–water partition coefficient (Wildman–Crippen LogP) is 2.25. The molecule has 0 aliphatic carbocycles. The molecule has 198 valence electrons. The van der Waals surface area contributed by atoms with Gasteiger partial charge in [-0.25, -0.2) is 0 Å². The molecule has 3 aliphatic rings. The van der Waals surface area contributed by atoms with Crippen molar-refractivity contribution in [1.29, 1.82) is 0 Å². The van der Waals surface area contributed by atoms with E-state index >= 15 is 0 Å². The molecular weight excluding hydrogens is 472 g/mol. The number of hydrogen-bond donors (Lipinski definition) is 3. The van der Waals surface area contributed by atoms with Crippen LogP contribution in [-0.4, -0.2) is 77.9 Å². The quantitative estimate of drug-likeness (QED) is 0.476. The van der Waals surface area contributed by atoms with Crippen LogP contribution in [0.25, 0.3) is 0 Å². The van der Waals surface area contributed by atoms with Crippen LogP contribution in [0, 0.1) is 0 Å². The number of rotatable bonds is 9. The first kappa shape index (κ1) is 25.6. The SMILES string of the molecule is O=C(C[C@H]1C[C@H]2c3cc(NC(=O)Cc4ccncc4)ccc3O[C@H]2[C@H](CO)O1)NCCN1CCCCC1. The van der Waals surface area contributed by atoms with Crippen LogP contribution >= 0.6 is 0 Å². The minimum atomic E-state index is -0.512. The van der Waals surface area contributed by atoms with Crippen molar-refractivity contribution in [3.63, 3.8) is 0 Å². The zero-order chi connectivity index (χ0) is 25.6. The van der Waals surface area contributed by atoms with E-state index in [1.807, 2.05) is 30.3 Å². The molecule has 0 saturated carbocycles. The molecule has 4 atom stereocenters. The molecule has 3 aliphatic heterocycles. The van der Waals surface area contributed by atoms with Gasteiger partial charge in [0.2, 0.25) is 11.8 Å². The largest absolute Gasteiger partial charge is 0.487 e. The number of carbonyl (C=O) groups is 2. The van der Waals surface area contributed by atoms with Crippen molar-refractivity contribution in [3.05, 3.63) is 53.9 Å². The molecule has 0 unspecified atom stereocenters. The minimum absolute atomic E-state index is 0.0240. The van der Waals surface area contributed by atoms with Crippen molar-refractivity contribution in [2.45, 2.75) is 62.8 Å². The van der Waals surface area contributed by atoms with Crippen molar-refractivity contribution >= 4 is 17.5 Å². The standard InChI is InChI=1S/C28H36N4O5/c33-18-25-28-23(16-21(36-25)17-26(34)30-10-13-32-11-2-1-3-12-32)22-15-20(4-5-24(22)37-28)31-27(35)14-19-6-8-29-9-7-19/h4-9,15,21,23,25,28,33H,1-3,10-14,16-18H2,(H,30,34)(H,31,35)/t21-,23+,25+,28-/m1/s1. The summed E-state index contributed by atoms with van der Waals surface area (Å²) in [6, 6.07) is 9.26. The van der Waals surface area contributed by atoms with Gasteiger partial charge in [-0.05, 0) is 68.2 Å². The molecule has 0 spiro atoms. The number of fused-ring (bicyclic) bond motifs is 3. The zero-order valence-electron chi connectivity index (χ0n) is 21.1. The highest BCUT2D eigenvalue weighted by Gasteiger charge is 2.46. The number of piperidine rings is 1. The fraction of sp³-hybridized carbons (Fsp3) is 0.536. The number of carbonyl (C=O) groups excluding carboxylic acids is 2. The number of aliphatic hydroxyl groups is 1. The number of amides is 2. The molecule has 1 aromatic carbocycles. The van der Waals surface area contributed by atoms with E-state index in [2.05, 4.69) is 20.5 Å². The van der Waals surface area contributed by atoms with E-state index in [-0.39, 0.29) is 49.4 Å². The van der Waals surface area contributed by atoms with Gasteiger partial charge in [0.15, 0.2) is 0 Å². The lowest BCUT2D eigenvalue weighted by molar-refractivity contribution is -0.142. The van der Waals surface area contributed by atoms with Crippen LogP contribution in [0.4, 0.5) is 5.69 Å². The van der Waals surface area contributed by atoms with E-state index in [0.29, 0.717) is 18.7 Å². The fourth-order valence-electron chi connectivity index (χ4n) is 5.67. The Bertz CT molecular complexity index is 1080. The van der Waals surface area contributed by atoms with Crippen LogP contribution in [0.15, 0.2) is 42.7 Å². The van der Waals surface area contributed by atoms with E-state index in [0.717, 1.165) is 36.5 Å². The third-order valence-corrected chi connectivity index (χ3v) is 7.51. The number of benzene rings is 1. The van der Waals surface area contributed by atoms with E-state index in [1.54, 1.807) is 12.4 Å². The molecule has 2 aromatic rings. The van der Waals surface area contributed by atoms with Gasteiger partial charge < -0.3 is 30.1 Å². The minimum Gasteiger partial charge on any atom is -0.487 e. The molecule has 2 fully saturated rings. The van der Waals surface area contributed by atoms with Crippen LogP contribution in [0.5, 0.6) is 5.75 Å². The average molecular weight is 509 g/mol. The number of aromatic nitrogens is 1. The monoisotopic (exact) mass is 508 g/mol. The third kappa shape index (κ3) is 6.47. The Morgan fingerprint density at radius 1 is 1.08 bits per heavy atom. The first-order valence-electron chi connectivity index (χ1n) is 13.3. The second-order valence-corrected chi connectivity index (χ2v) is 10.2. The van der Waals surface area contributed by atoms with Crippen LogP contribution in [0.3, 0.4) is 0 Å². The number of nitrogens with zero attached hydrogens (tertiary/aromatic N) is 2. The number of anilines is 1. The van der Waals surface area contributed by atoms with Gasteiger partial charge in [-0.3, -0.25) is 14.6 Å². The molecule has 2 amide bonds. The first-order valence-corrected chi connectivity index (χ1v) is 13.3. The van der Waals surface area contributed by atoms with Crippen molar-refractivity contribution in [3.8, 4) is 5.75 Å². The van der Waals surface area contributed by atoms with Crippen molar-refractivity contribution in [2.75, 3.05) is 38.1 Å². The maximum Gasteiger partial charge on any atom is 0.228 e. The van der Waals surface area contributed by atoms with Gasteiger partial charge in [0.1, 0.15) is 18.0 Å². The number of hydrogen-bond acceptors (Lipinski definition) is 7. The number of nitrogens with one attached hydrogen (secondary N) is 2. The van der Waals surface area contributed by atoms with Gasteiger partial charge in [0.25, 0.3) is 0 Å². The normalized spacial score (nSPS) is 25.0. The Morgan fingerprint density at radius 3 is 2.68 bits per heavy atom. The Kier molecular flexibility index (Phi) is 8.33. The molecule has 9 nitrogen and oxygen atoms in total. The van der Waals surface area contributed by atoms with Crippen molar-refractivity contribution < 1.29 is 24.2 Å². The number of pyridine rings is 1. The molecule has 37 heavy (non-hydrogen) atoms. The molecule has 2 saturated heterocycles. The summed E-state index contributed by atoms with van der Waals surface area (Å²) in [6.45, 7) is 3.54. The molecule has 5 rings (SSSR count). The molecule has 3 N–H and O–H groups in total. The van der Waals surface area contributed by atoms with Crippen LogP contribution in [0.1, 0.15) is 49.1 Å². The van der Waals surface area contributed by atoms with E-state index in [4.69, 9.17) is 9.47 Å². The Labute approximate surface area is 217 Å². The van der Waals surface area contributed by atoms with E-state index < -0.39 is 6.10 Å². The highest BCUT2D eigenvalue weighted by atomic mass is 16.6. The smallest absolute Gasteiger partial charge is 0.228 e. The number of aliphatic hydroxyl groups excluding tert-OH is 1. The van der Waals surface area contributed by atoms with E-state index in [9.17, 15) is 14.7 Å². The summed E-state index contributed by atoms with van der Waals surface area (Å²) in [7, 11) is 0. The number of likely N-dealkylation sites (tertiary alicyclic amines) is 1. The average Bonchev–Trinajstić information content (AvgIpc) is 3.27. The van der Waals surface area contributed by atoms with Gasteiger partial charge >= 0.3 is 0 Å². The summed E-state index contributed by atoms with van der Waals surface area (Å²) in [5.74, 6) is 0.564. The van der Waals surface area contributed by atoms with Gasteiger partial charge in [-0.15, -0.1) is 0 Å². The Morgan fingerprint density at radius 2 is 1.89 bits per heavy atom. The summed E-state index contributed by atoms with van der Waals surface area (Å²) < 4.78 is 12.2. The molecule has 0 bridgehead atoms. The van der Waals surface area contributed by atoms with E-state index in [1.165, 1.54) is 19.3 Å². The molecule has 9 heteroatoms. The number of ether oxygens (including phenoxy) is 2. The lowest BCUT2D eigenvalue weighted by atomic mass is 9.84.